The lowest BCUT2D eigenvalue weighted by Crippen LogP contribution is -2.51. The zero-order chi connectivity index (χ0) is 26.4. The monoisotopic (exact) mass is 500 g/mol. The third-order valence-corrected chi connectivity index (χ3v) is 6.67. The van der Waals surface area contributed by atoms with Crippen molar-refractivity contribution in [1.29, 1.82) is 0 Å². The molecule has 1 aliphatic rings. The summed E-state index contributed by atoms with van der Waals surface area (Å²) in [6, 6.07) is 24.7. The number of nitrogens with zero attached hydrogens (tertiary/aromatic N) is 1. The van der Waals surface area contributed by atoms with E-state index in [1.165, 1.54) is 4.90 Å². The second-order valence-corrected chi connectivity index (χ2v) is 9.58. The largest absolute Gasteiger partial charge is 0.481 e. The molecule has 192 valence electrons. The topological polar surface area (TPSA) is 95.9 Å². The van der Waals surface area contributed by atoms with Crippen molar-refractivity contribution in [2.24, 2.45) is 5.92 Å². The van der Waals surface area contributed by atoms with Crippen LogP contribution in [0.5, 0.6) is 0 Å². The summed E-state index contributed by atoms with van der Waals surface area (Å²) < 4.78 is 5.65. The van der Waals surface area contributed by atoms with E-state index >= 15 is 0 Å². The molecule has 7 heteroatoms. The first-order valence-corrected chi connectivity index (χ1v) is 12.5. The molecule has 1 aliphatic carbocycles. The Kier molecular flexibility index (Phi) is 8.23. The van der Waals surface area contributed by atoms with Gasteiger partial charge in [0, 0.05) is 19.0 Å². The van der Waals surface area contributed by atoms with Crippen LogP contribution in [0.3, 0.4) is 0 Å². The van der Waals surface area contributed by atoms with Crippen molar-refractivity contribution in [3.8, 4) is 11.1 Å². The first-order valence-electron chi connectivity index (χ1n) is 12.5. The van der Waals surface area contributed by atoms with Crippen LogP contribution < -0.4 is 5.32 Å². The minimum Gasteiger partial charge on any atom is -0.481 e. The van der Waals surface area contributed by atoms with Crippen LogP contribution in [-0.2, 0) is 20.9 Å². The summed E-state index contributed by atoms with van der Waals surface area (Å²) in [6.45, 7) is 4.11. The van der Waals surface area contributed by atoms with Crippen LogP contribution in [0, 0.1) is 5.92 Å². The highest BCUT2D eigenvalue weighted by atomic mass is 16.5. The van der Waals surface area contributed by atoms with Gasteiger partial charge in [-0.25, -0.2) is 4.79 Å². The van der Waals surface area contributed by atoms with Gasteiger partial charge in [-0.2, -0.15) is 0 Å². The zero-order valence-electron chi connectivity index (χ0n) is 21.1. The lowest BCUT2D eigenvalue weighted by Gasteiger charge is -2.29. The highest BCUT2D eigenvalue weighted by Crippen LogP contribution is 2.44. The lowest BCUT2D eigenvalue weighted by molar-refractivity contribution is -0.139. The molecular formula is C30H32N2O5. The van der Waals surface area contributed by atoms with E-state index in [9.17, 15) is 19.5 Å². The third-order valence-electron chi connectivity index (χ3n) is 6.67. The molecule has 0 bridgehead atoms. The van der Waals surface area contributed by atoms with Crippen LogP contribution in [-0.4, -0.2) is 47.2 Å². The molecule has 4 rings (SSSR count). The smallest absolute Gasteiger partial charge is 0.407 e. The van der Waals surface area contributed by atoms with Gasteiger partial charge in [0.15, 0.2) is 0 Å². The molecular weight excluding hydrogens is 468 g/mol. The molecule has 2 amide bonds. The Morgan fingerprint density at radius 1 is 0.892 bits per heavy atom. The van der Waals surface area contributed by atoms with Crippen LogP contribution >= 0.6 is 0 Å². The predicted molar refractivity (Wildman–Crippen MR) is 141 cm³/mol. The predicted octanol–water partition coefficient (Wildman–Crippen LogP) is 5.05. The fourth-order valence-electron chi connectivity index (χ4n) is 4.78. The van der Waals surface area contributed by atoms with Gasteiger partial charge in [0.2, 0.25) is 5.91 Å². The Hall–Kier alpha value is -4.13. The van der Waals surface area contributed by atoms with Gasteiger partial charge in [-0.15, -0.1) is 0 Å². The van der Waals surface area contributed by atoms with E-state index in [-0.39, 0.29) is 43.9 Å². The summed E-state index contributed by atoms with van der Waals surface area (Å²) in [5.41, 5.74) is 5.37. The number of rotatable bonds is 10. The molecule has 0 aliphatic heterocycles. The molecule has 1 atom stereocenters. The van der Waals surface area contributed by atoms with Crippen molar-refractivity contribution < 1.29 is 24.2 Å². The quantitative estimate of drug-likeness (QED) is 0.406. The summed E-state index contributed by atoms with van der Waals surface area (Å²) >= 11 is 0. The van der Waals surface area contributed by atoms with Gasteiger partial charge < -0.3 is 20.1 Å². The normalized spacial score (nSPS) is 12.9. The molecule has 37 heavy (non-hydrogen) atoms. The van der Waals surface area contributed by atoms with Crippen molar-refractivity contribution in [1.82, 2.24) is 10.2 Å². The van der Waals surface area contributed by atoms with Crippen molar-refractivity contribution in [2.45, 2.75) is 38.8 Å². The number of aliphatic carboxylic acids is 1. The number of hydrogen-bond acceptors (Lipinski definition) is 4. The van der Waals surface area contributed by atoms with E-state index in [4.69, 9.17) is 4.74 Å². The molecule has 0 saturated heterocycles. The van der Waals surface area contributed by atoms with Crippen molar-refractivity contribution in [3.05, 3.63) is 95.6 Å². The summed E-state index contributed by atoms with van der Waals surface area (Å²) in [6.07, 6.45) is -0.860. The van der Waals surface area contributed by atoms with Crippen LogP contribution in [0.15, 0.2) is 78.9 Å². The van der Waals surface area contributed by atoms with Crippen LogP contribution in [0.2, 0.25) is 0 Å². The summed E-state index contributed by atoms with van der Waals surface area (Å²) in [7, 11) is 0. The van der Waals surface area contributed by atoms with E-state index in [1.54, 1.807) is 0 Å². The van der Waals surface area contributed by atoms with Gasteiger partial charge in [-0.3, -0.25) is 9.59 Å². The molecule has 2 N–H and O–H groups in total. The first kappa shape index (κ1) is 25.9. The Morgan fingerprint density at radius 3 is 2.03 bits per heavy atom. The van der Waals surface area contributed by atoms with Crippen LogP contribution in [0.25, 0.3) is 11.1 Å². The van der Waals surface area contributed by atoms with E-state index < -0.39 is 18.1 Å². The molecule has 0 unspecified atom stereocenters. The number of amides is 2. The molecule has 3 aromatic carbocycles. The number of ether oxygens (including phenoxy) is 1. The number of fused-ring (bicyclic) bond motifs is 3. The molecule has 0 heterocycles. The number of carboxylic acid groups (broad SMARTS) is 1. The fraction of sp³-hybridized carbons (Fsp3) is 0.300. The Bertz CT molecular complexity index is 1210. The molecule has 3 aromatic rings. The minimum atomic E-state index is -0.989. The number of nitrogens with one attached hydrogen (secondary N) is 1. The van der Waals surface area contributed by atoms with E-state index in [2.05, 4.69) is 17.4 Å². The van der Waals surface area contributed by atoms with E-state index in [0.717, 1.165) is 27.8 Å². The molecule has 0 spiro atoms. The minimum absolute atomic E-state index is 0.0403. The second kappa shape index (κ2) is 11.7. The van der Waals surface area contributed by atoms with Gasteiger partial charge in [-0.05, 0) is 33.7 Å². The third kappa shape index (κ3) is 6.17. The summed E-state index contributed by atoms with van der Waals surface area (Å²) in [5, 5.41) is 11.9. The highest BCUT2D eigenvalue weighted by molar-refractivity contribution is 5.86. The van der Waals surface area contributed by atoms with Crippen molar-refractivity contribution in [3.63, 3.8) is 0 Å². The number of alkyl carbamates (subject to hydrolysis) is 1. The van der Waals surface area contributed by atoms with E-state index in [1.807, 2.05) is 80.6 Å². The van der Waals surface area contributed by atoms with Crippen molar-refractivity contribution >= 4 is 18.0 Å². The number of benzene rings is 3. The number of carboxylic acids is 1. The highest BCUT2D eigenvalue weighted by Gasteiger charge is 2.32. The van der Waals surface area contributed by atoms with Gasteiger partial charge in [0.1, 0.15) is 12.6 Å². The van der Waals surface area contributed by atoms with Gasteiger partial charge in [0.05, 0.1) is 6.42 Å². The van der Waals surface area contributed by atoms with Gasteiger partial charge in [-0.1, -0.05) is 92.7 Å². The number of carbonyl (C=O) groups excluding carboxylic acids is 2. The SMILES string of the molecule is CC(C)[C@H](NC(=O)OCC1c2ccccc2-c2ccccc21)C(=O)N(CCC(=O)O)Cc1ccccc1. The maximum atomic E-state index is 13.5. The maximum Gasteiger partial charge on any atom is 0.407 e. The molecule has 7 nitrogen and oxygen atoms in total. The number of carbonyl (C=O) groups is 3. The molecule has 0 aromatic heterocycles. The fourth-order valence-corrected chi connectivity index (χ4v) is 4.78. The van der Waals surface area contributed by atoms with E-state index in [0.29, 0.717) is 0 Å². The zero-order valence-corrected chi connectivity index (χ0v) is 21.1. The Balaban J connectivity index is 1.44. The average Bonchev–Trinajstić information content (AvgIpc) is 3.22. The average molecular weight is 501 g/mol. The Labute approximate surface area is 217 Å². The standard InChI is InChI=1S/C30H32N2O5/c1-20(2)28(29(35)32(17-16-27(33)34)18-21-10-4-3-5-11-21)31-30(36)37-19-26-24-14-8-6-12-22(24)23-13-7-9-15-25(23)26/h3-15,20,26,28H,16-19H2,1-2H3,(H,31,36)(H,33,34)/t28-/m0/s1. The van der Waals surface area contributed by atoms with Gasteiger partial charge in [0.25, 0.3) is 0 Å². The Morgan fingerprint density at radius 2 is 1.46 bits per heavy atom. The maximum absolute atomic E-state index is 13.5. The molecule has 0 radical (unpaired) electrons. The summed E-state index contributed by atoms with van der Waals surface area (Å²) in [4.78, 5) is 39.1. The second-order valence-electron chi connectivity index (χ2n) is 9.58. The molecule has 0 fully saturated rings. The van der Waals surface area contributed by atoms with Crippen LogP contribution in [0.1, 0.15) is 42.9 Å². The van der Waals surface area contributed by atoms with Crippen molar-refractivity contribution in [2.75, 3.05) is 13.2 Å². The van der Waals surface area contributed by atoms with Crippen LogP contribution in [0.4, 0.5) is 4.79 Å². The first-order chi connectivity index (χ1) is 17.8. The molecule has 0 saturated carbocycles. The number of hydrogen-bond donors (Lipinski definition) is 2. The lowest BCUT2D eigenvalue weighted by atomic mass is 9.98. The summed E-state index contributed by atoms with van der Waals surface area (Å²) in [5.74, 6) is -1.64. The van der Waals surface area contributed by atoms with Gasteiger partial charge >= 0.3 is 12.1 Å².